The molecule has 2 aromatic rings. The molecule has 0 radical (unpaired) electrons. The molecule has 9 nitrogen and oxygen atoms in total. The molecule has 140 valence electrons. The number of benzene rings is 2. The van der Waals surface area contributed by atoms with E-state index in [2.05, 4.69) is 10.6 Å². The zero-order valence-corrected chi connectivity index (χ0v) is 14.1. The minimum atomic E-state index is -1.06. The van der Waals surface area contributed by atoms with Crippen LogP contribution in [0.25, 0.3) is 0 Å². The molecular formula is C18H17N3O6. The number of amides is 2. The summed E-state index contributed by atoms with van der Waals surface area (Å²) in [7, 11) is 0. The summed E-state index contributed by atoms with van der Waals surface area (Å²) in [5.74, 6) is -0.476. The minimum Gasteiger partial charge on any atom is -0.482 e. The number of rotatable bonds is 2. The van der Waals surface area contributed by atoms with Crippen molar-refractivity contribution >= 4 is 34.8 Å². The zero-order chi connectivity index (χ0) is 19.4. The van der Waals surface area contributed by atoms with Crippen LogP contribution < -0.4 is 25.8 Å². The fourth-order valence-corrected chi connectivity index (χ4v) is 2.48. The summed E-state index contributed by atoms with van der Waals surface area (Å²) in [4.78, 5) is 32.7. The van der Waals surface area contributed by atoms with E-state index in [0.29, 0.717) is 28.6 Å². The maximum absolute atomic E-state index is 11.4. The number of carboxylic acid groups (broad SMARTS) is 1. The number of ether oxygens (including phenoxy) is 2. The number of para-hydroxylation sites is 2. The van der Waals surface area contributed by atoms with Gasteiger partial charge in [0, 0.05) is 11.8 Å². The number of nitrogen functional groups attached to an aromatic ring is 1. The van der Waals surface area contributed by atoms with Crippen LogP contribution in [0.1, 0.15) is 6.42 Å². The van der Waals surface area contributed by atoms with Crippen molar-refractivity contribution in [2.75, 3.05) is 23.0 Å². The molecule has 2 aromatic carbocycles. The Morgan fingerprint density at radius 2 is 1.85 bits per heavy atom. The molecule has 0 saturated carbocycles. The average Bonchev–Trinajstić information content (AvgIpc) is 2.63. The molecule has 2 aliphatic heterocycles. The molecule has 0 spiro atoms. The third-order valence-corrected chi connectivity index (χ3v) is 3.71. The number of carboxylic acids is 1. The van der Waals surface area contributed by atoms with Crippen molar-refractivity contribution in [1.82, 2.24) is 0 Å². The summed E-state index contributed by atoms with van der Waals surface area (Å²) in [6.07, 6.45) is -1.28. The lowest BCUT2D eigenvalue weighted by Gasteiger charge is -2.24. The van der Waals surface area contributed by atoms with Crippen molar-refractivity contribution in [2.45, 2.75) is 12.5 Å². The number of hydrogen-bond donors (Lipinski definition) is 4. The van der Waals surface area contributed by atoms with Gasteiger partial charge in [0.05, 0.1) is 17.8 Å². The van der Waals surface area contributed by atoms with Gasteiger partial charge in [-0.3, -0.25) is 14.4 Å². The van der Waals surface area contributed by atoms with Gasteiger partial charge < -0.3 is 30.9 Å². The highest BCUT2D eigenvalue weighted by Crippen LogP contribution is 2.30. The Kier molecular flexibility index (Phi) is 5.11. The fraction of sp³-hybridized carbons (Fsp3) is 0.167. The van der Waals surface area contributed by atoms with E-state index >= 15 is 0 Å². The third-order valence-electron chi connectivity index (χ3n) is 3.71. The van der Waals surface area contributed by atoms with Crippen LogP contribution in [0.3, 0.4) is 0 Å². The van der Waals surface area contributed by atoms with E-state index in [1.54, 1.807) is 42.5 Å². The number of hydrogen-bond acceptors (Lipinski definition) is 6. The summed E-state index contributed by atoms with van der Waals surface area (Å²) >= 11 is 0. The first-order valence-corrected chi connectivity index (χ1v) is 8.03. The molecule has 0 aliphatic carbocycles. The van der Waals surface area contributed by atoms with Crippen LogP contribution in [-0.2, 0) is 14.4 Å². The van der Waals surface area contributed by atoms with Gasteiger partial charge in [-0.1, -0.05) is 12.1 Å². The van der Waals surface area contributed by atoms with Crippen LogP contribution in [-0.4, -0.2) is 35.6 Å². The Labute approximate surface area is 154 Å². The van der Waals surface area contributed by atoms with Crippen molar-refractivity contribution in [3.8, 4) is 11.5 Å². The molecule has 2 heterocycles. The van der Waals surface area contributed by atoms with Crippen molar-refractivity contribution < 1.29 is 29.0 Å². The number of nitrogens with one attached hydrogen (secondary N) is 2. The molecular weight excluding hydrogens is 354 g/mol. The van der Waals surface area contributed by atoms with Gasteiger partial charge >= 0.3 is 5.97 Å². The first-order valence-electron chi connectivity index (χ1n) is 8.03. The van der Waals surface area contributed by atoms with Crippen LogP contribution in [0.15, 0.2) is 42.5 Å². The molecule has 2 amide bonds. The normalized spacial score (nSPS) is 16.8. The quantitative estimate of drug-likeness (QED) is 0.586. The third kappa shape index (κ3) is 4.46. The monoisotopic (exact) mass is 371 g/mol. The molecule has 27 heavy (non-hydrogen) atoms. The lowest BCUT2D eigenvalue weighted by molar-refractivity contribution is -0.142. The summed E-state index contributed by atoms with van der Waals surface area (Å²) in [5.41, 5.74) is 7.41. The van der Waals surface area contributed by atoms with Crippen LogP contribution >= 0.6 is 0 Å². The number of nitrogens with two attached hydrogens (primary N) is 1. The van der Waals surface area contributed by atoms with Crippen LogP contribution in [0, 0.1) is 0 Å². The number of carbonyl (C=O) groups excluding carboxylic acids is 2. The molecule has 0 saturated heterocycles. The molecule has 0 bridgehead atoms. The van der Waals surface area contributed by atoms with Gasteiger partial charge in [0.1, 0.15) is 11.5 Å². The highest BCUT2D eigenvalue weighted by atomic mass is 16.5. The lowest BCUT2D eigenvalue weighted by atomic mass is 10.2. The number of anilines is 3. The second-order valence-corrected chi connectivity index (χ2v) is 5.78. The summed E-state index contributed by atoms with van der Waals surface area (Å²) < 4.78 is 10.4. The maximum Gasteiger partial charge on any atom is 0.307 e. The van der Waals surface area contributed by atoms with Gasteiger partial charge in [0.25, 0.3) is 11.8 Å². The standard InChI is InChI=1S/C10H9NO4.C8H8N2O2/c12-9(13)5-8-10(14)11-6-3-1-2-4-7(6)15-8;9-5-1-2-6-7(3-5)12-4-8(11)10-6/h1-4,8H,5H2,(H,11,14)(H,12,13);1-3H,4,9H2,(H,10,11). The van der Waals surface area contributed by atoms with E-state index in [9.17, 15) is 14.4 Å². The van der Waals surface area contributed by atoms with E-state index in [-0.39, 0.29) is 18.9 Å². The molecule has 5 N–H and O–H groups in total. The lowest BCUT2D eigenvalue weighted by Crippen LogP contribution is -2.38. The Morgan fingerprint density at radius 1 is 1.11 bits per heavy atom. The largest absolute Gasteiger partial charge is 0.482 e. The van der Waals surface area contributed by atoms with Gasteiger partial charge in [0.15, 0.2) is 12.7 Å². The fourth-order valence-electron chi connectivity index (χ4n) is 2.48. The zero-order valence-electron chi connectivity index (χ0n) is 14.1. The summed E-state index contributed by atoms with van der Waals surface area (Å²) in [6.45, 7) is 0.0659. The van der Waals surface area contributed by atoms with Gasteiger partial charge in [-0.15, -0.1) is 0 Å². The second kappa shape index (κ2) is 7.65. The Morgan fingerprint density at radius 3 is 2.63 bits per heavy atom. The maximum atomic E-state index is 11.4. The summed E-state index contributed by atoms with van der Waals surface area (Å²) in [6, 6.07) is 12.0. The van der Waals surface area contributed by atoms with Crippen molar-refractivity contribution in [1.29, 1.82) is 0 Å². The van der Waals surface area contributed by atoms with E-state index in [0.717, 1.165) is 0 Å². The molecule has 0 aromatic heterocycles. The van der Waals surface area contributed by atoms with Crippen molar-refractivity contribution in [3.05, 3.63) is 42.5 Å². The van der Waals surface area contributed by atoms with Gasteiger partial charge in [-0.05, 0) is 24.3 Å². The number of aliphatic carboxylic acids is 1. The van der Waals surface area contributed by atoms with E-state index in [4.69, 9.17) is 20.3 Å². The van der Waals surface area contributed by atoms with Gasteiger partial charge in [-0.25, -0.2) is 0 Å². The molecule has 1 unspecified atom stereocenters. The first kappa shape index (κ1) is 18.1. The van der Waals surface area contributed by atoms with Crippen LogP contribution in [0.4, 0.5) is 17.1 Å². The average molecular weight is 371 g/mol. The smallest absolute Gasteiger partial charge is 0.307 e. The van der Waals surface area contributed by atoms with E-state index in [1.807, 2.05) is 0 Å². The number of fused-ring (bicyclic) bond motifs is 2. The molecule has 9 heteroatoms. The predicted molar refractivity (Wildman–Crippen MR) is 96.7 cm³/mol. The topological polar surface area (TPSA) is 140 Å². The molecule has 4 rings (SSSR count). The van der Waals surface area contributed by atoms with Gasteiger partial charge in [-0.2, -0.15) is 0 Å². The number of carbonyl (C=O) groups is 3. The van der Waals surface area contributed by atoms with Crippen LogP contribution in [0.5, 0.6) is 11.5 Å². The SMILES string of the molecule is Nc1ccc2c(c1)OCC(=O)N2.O=C(O)CC1Oc2ccccc2NC1=O. The van der Waals surface area contributed by atoms with E-state index < -0.39 is 18.0 Å². The van der Waals surface area contributed by atoms with E-state index in [1.165, 1.54) is 0 Å². The second-order valence-electron chi connectivity index (χ2n) is 5.78. The Balaban J connectivity index is 0.000000159. The highest BCUT2D eigenvalue weighted by Gasteiger charge is 2.29. The molecule has 1 atom stereocenters. The summed E-state index contributed by atoms with van der Waals surface area (Å²) in [5, 5.41) is 13.8. The van der Waals surface area contributed by atoms with Crippen LogP contribution in [0.2, 0.25) is 0 Å². The molecule has 2 aliphatic rings. The van der Waals surface area contributed by atoms with Gasteiger partial charge in [0.2, 0.25) is 0 Å². The van der Waals surface area contributed by atoms with Crippen molar-refractivity contribution in [2.24, 2.45) is 0 Å². The Bertz CT molecular complexity index is 898. The first-order chi connectivity index (χ1) is 12.9. The molecule has 0 fully saturated rings. The minimum absolute atomic E-state index is 0.0659. The Hall–Kier alpha value is -3.75. The van der Waals surface area contributed by atoms with Crippen molar-refractivity contribution in [3.63, 3.8) is 0 Å². The predicted octanol–water partition coefficient (Wildman–Crippen LogP) is 1.46. The highest BCUT2D eigenvalue weighted by molar-refractivity contribution is 5.99.